The van der Waals surface area contributed by atoms with Gasteiger partial charge in [0.25, 0.3) is 5.91 Å². The minimum absolute atomic E-state index is 0.0127. The highest BCUT2D eigenvalue weighted by atomic mass is 19.1. The second kappa shape index (κ2) is 16.0. The number of amides is 4. The number of urea groups is 1. The first-order chi connectivity index (χ1) is 22.8. The summed E-state index contributed by atoms with van der Waals surface area (Å²) >= 11 is 0. The van der Waals surface area contributed by atoms with Crippen molar-refractivity contribution in [3.63, 3.8) is 0 Å². The van der Waals surface area contributed by atoms with Gasteiger partial charge in [0.15, 0.2) is 6.61 Å². The number of nitrogens with zero attached hydrogens (tertiary/aromatic N) is 2. The Kier molecular flexibility index (Phi) is 12.4. The Morgan fingerprint density at radius 1 is 0.755 bits per heavy atom. The van der Waals surface area contributed by atoms with Crippen molar-refractivity contribution in [2.24, 2.45) is 0 Å². The summed E-state index contributed by atoms with van der Waals surface area (Å²) in [5.74, 6) is -4.17. The monoisotopic (exact) mass is 682 g/mol. The van der Waals surface area contributed by atoms with Crippen molar-refractivity contribution in [3.05, 3.63) is 83.9 Å². The third kappa shape index (κ3) is 12.5. The van der Waals surface area contributed by atoms with E-state index in [0.29, 0.717) is 6.07 Å². The maximum Gasteiger partial charge on any atom is 0.338 e. The average Bonchev–Trinajstić information content (AvgIpc) is 2.99. The second-order valence-electron chi connectivity index (χ2n) is 12.8. The van der Waals surface area contributed by atoms with Gasteiger partial charge in [-0.15, -0.1) is 0 Å². The van der Waals surface area contributed by atoms with Crippen LogP contribution in [0, 0.1) is 11.6 Å². The van der Waals surface area contributed by atoms with Crippen LogP contribution in [0.1, 0.15) is 51.9 Å². The molecule has 0 bridgehead atoms. The third-order valence-corrected chi connectivity index (χ3v) is 6.26. The lowest BCUT2D eigenvalue weighted by Gasteiger charge is -2.26. The van der Waals surface area contributed by atoms with Crippen molar-refractivity contribution < 1.29 is 47.0 Å². The number of nitrogens with one attached hydrogen (secondary N) is 2. The lowest BCUT2D eigenvalue weighted by molar-refractivity contribution is -0.153. The first kappa shape index (κ1) is 37.9. The molecule has 0 saturated heterocycles. The first-order valence-corrected chi connectivity index (χ1v) is 15.2. The summed E-state index contributed by atoms with van der Waals surface area (Å²) < 4.78 is 43.6. The van der Waals surface area contributed by atoms with Crippen molar-refractivity contribution in [1.29, 1.82) is 0 Å². The smallest absolute Gasteiger partial charge is 0.338 e. The van der Waals surface area contributed by atoms with Gasteiger partial charge in [0.2, 0.25) is 5.91 Å². The molecule has 0 aliphatic carbocycles. The number of halogens is 2. The van der Waals surface area contributed by atoms with Gasteiger partial charge < -0.3 is 29.7 Å². The molecule has 3 aromatic carbocycles. The van der Waals surface area contributed by atoms with E-state index in [0.717, 1.165) is 21.9 Å². The number of likely N-dealkylation sites (N-methyl/N-ethyl adjacent to an activating group) is 1. The molecule has 3 rings (SSSR count). The molecule has 4 amide bonds. The number of ether oxygens (including phenoxy) is 3. The Hall–Kier alpha value is -5.53. The fraction of sp³-hybridized carbons (Fsp3) is 0.343. The molecule has 2 N–H and O–H groups in total. The van der Waals surface area contributed by atoms with E-state index >= 15 is 0 Å². The summed E-state index contributed by atoms with van der Waals surface area (Å²) in [6.45, 7) is 8.61. The van der Waals surface area contributed by atoms with Gasteiger partial charge in [-0.25, -0.2) is 18.4 Å². The van der Waals surface area contributed by atoms with Gasteiger partial charge in [-0.3, -0.25) is 19.3 Å². The van der Waals surface area contributed by atoms with Crippen molar-refractivity contribution in [3.8, 4) is 5.75 Å². The van der Waals surface area contributed by atoms with Gasteiger partial charge in [0, 0.05) is 36.2 Å². The van der Waals surface area contributed by atoms with E-state index in [1.165, 1.54) is 43.4 Å². The van der Waals surface area contributed by atoms with Gasteiger partial charge in [0.05, 0.1) is 12.1 Å². The predicted molar refractivity (Wildman–Crippen MR) is 179 cm³/mol. The van der Waals surface area contributed by atoms with Crippen LogP contribution in [0.3, 0.4) is 0 Å². The molecule has 14 heteroatoms. The molecule has 0 heterocycles. The summed E-state index contributed by atoms with van der Waals surface area (Å²) in [6, 6.07) is 13.9. The molecule has 3 aromatic rings. The van der Waals surface area contributed by atoms with Crippen LogP contribution < -0.4 is 25.2 Å². The number of benzene rings is 3. The standard InChI is InChI=1S/C35H40F2N4O8/c1-34(2,3)48-31(44)20-41(29(42)19-38-33(46)39-25-11-8-10-22(14-25)32(45)49-35(4,5)6)26-12-9-13-28(18-26)47-21-30(43)40(7)27-16-23(36)15-24(37)17-27/h8-18H,19-21H2,1-7H3,(H2,38,39,46). The van der Waals surface area contributed by atoms with E-state index in [1.54, 1.807) is 53.7 Å². The number of carbonyl (C=O) groups is 5. The average molecular weight is 683 g/mol. The summed E-state index contributed by atoms with van der Waals surface area (Å²) in [6.07, 6.45) is 0. The lowest BCUT2D eigenvalue weighted by atomic mass is 10.1. The van der Waals surface area contributed by atoms with Crippen LogP contribution in [-0.2, 0) is 23.9 Å². The number of hydrogen-bond acceptors (Lipinski definition) is 8. The Morgan fingerprint density at radius 2 is 1.39 bits per heavy atom. The highest BCUT2D eigenvalue weighted by Gasteiger charge is 2.25. The minimum atomic E-state index is -0.850. The number of anilines is 3. The fourth-order valence-corrected chi connectivity index (χ4v) is 4.17. The zero-order valence-electron chi connectivity index (χ0n) is 28.4. The molecule has 0 saturated carbocycles. The van der Waals surface area contributed by atoms with E-state index in [4.69, 9.17) is 14.2 Å². The van der Waals surface area contributed by atoms with Crippen LogP contribution in [0.25, 0.3) is 0 Å². The normalized spacial score (nSPS) is 11.2. The summed E-state index contributed by atoms with van der Waals surface area (Å²) in [4.78, 5) is 66.1. The first-order valence-electron chi connectivity index (χ1n) is 15.2. The van der Waals surface area contributed by atoms with Crippen LogP contribution in [0.2, 0.25) is 0 Å². The van der Waals surface area contributed by atoms with Crippen LogP contribution >= 0.6 is 0 Å². The Labute approximate surface area is 283 Å². The molecule has 0 aliphatic rings. The van der Waals surface area contributed by atoms with Crippen LogP contribution in [0.4, 0.5) is 30.6 Å². The van der Waals surface area contributed by atoms with Crippen molar-refractivity contribution in [2.75, 3.05) is 41.9 Å². The molecule has 0 radical (unpaired) electrons. The predicted octanol–water partition coefficient (Wildman–Crippen LogP) is 5.46. The van der Waals surface area contributed by atoms with Gasteiger partial charge in [0.1, 0.15) is 35.1 Å². The number of rotatable bonds is 11. The molecule has 0 aromatic heterocycles. The molecule has 0 atom stereocenters. The van der Waals surface area contributed by atoms with Gasteiger partial charge >= 0.3 is 18.0 Å². The molecule has 0 fully saturated rings. The zero-order valence-corrected chi connectivity index (χ0v) is 28.4. The Balaban J connectivity index is 1.71. The van der Waals surface area contributed by atoms with Crippen molar-refractivity contribution >= 4 is 46.8 Å². The molecule has 0 aliphatic heterocycles. The fourth-order valence-electron chi connectivity index (χ4n) is 4.17. The molecule has 262 valence electrons. The highest BCUT2D eigenvalue weighted by molar-refractivity contribution is 6.01. The molecule has 12 nitrogen and oxygen atoms in total. The van der Waals surface area contributed by atoms with Gasteiger partial charge in [-0.05, 0) is 84.0 Å². The number of hydrogen-bond donors (Lipinski definition) is 2. The quantitative estimate of drug-likeness (QED) is 0.254. The molecular formula is C35H40F2N4O8. The summed E-state index contributed by atoms with van der Waals surface area (Å²) in [7, 11) is 1.33. The zero-order chi connectivity index (χ0) is 36.5. The molecule has 0 unspecified atom stereocenters. The Bertz CT molecular complexity index is 1680. The van der Waals surface area contributed by atoms with Crippen LogP contribution in [0.15, 0.2) is 66.7 Å². The third-order valence-electron chi connectivity index (χ3n) is 6.26. The van der Waals surface area contributed by atoms with E-state index in [2.05, 4.69) is 10.6 Å². The van der Waals surface area contributed by atoms with E-state index in [-0.39, 0.29) is 28.4 Å². The molecule has 49 heavy (non-hydrogen) atoms. The van der Waals surface area contributed by atoms with E-state index in [1.807, 2.05) is 0 Å². The maximum absolute atomic E-state index is 13.6. The Morgan fingerprint density at radius 3 is 2.02 bits per heavy atom. The SMILES string of the molecule is CN(C(=O)COc1cccc(N(CC(=O)OC(C)(C)C)C(=O)CNC(=O)Nc2cccc(C(=O)OC(C)(C)C)c2)c1)c1cc(F)cc(F)c1. The lowest BCUT2D eigenvalue weighted by Crippen LogP contribution is -2.45. The highest BCUT2D eigenvalue weighted by Crippen LogP contribution is 2.23. The van der Waals surface area contributed by atoms with Crippen LogP contribution in [0.5, 0.6) is 5.75 Å². The van der Waals surface area contributed by atoms with Crippen LogP contribution in [-0.4, -0.2) is 67.7 Å². The maximum atomic E-state index is 13.6. The van der Waals surface area contributed by atoms with Crippen molar-refractivity contribution in [2.45, 2.75) is 52.7 Å². The summed E-state index contributed by atoms with van der Waals surface area (Å²) in [5.41, 5.74) is -0.901. The van der Waals surface area contributed by atoms with E-state index < -0.39 is 72.3 Å². The van der Waals surface area contributed by atoms with Gasteiger partial charge in [-0.2, -0.15) is 0 Å². The second-order valence-corrected chi connectivity index (χ2v) is 12.8. The van der Waals surface area contributed by atoms with Gasteiger partial charge in [-0.1, -0.05) is 12.1 Å². The van der Waals surface area contributed by atoms with Crippen molar-refractivity contribution in [1.82, 2.24) is 5.32 Å². The largest absolute Gasteiger partial charge is 0.484 e. The topological polar surface area (TPSA) is 144 Å². The number of carbonyl (C=O) groups excluding carboxylic acids is 5. The molecule has 0 spiro atoms. The van der Waals surface area contributed by atoms with E-state index in [9.17, 15) is 32.8 Å². The number of esters is 2. The molecular weight excluding hydrogens is 642 g/mol. The summed E-state index contributed by atoms with van der Waals surface area (Å²) in [5, 5.41) is 4.99. The minimum Gasteiger partial charge on any atom is -0.484 e.